The van der Waals surface area contributed by atoms with Crippen LogP contribution in [0.2, 0.25) is 0 Å². The van der Waals surface area contributed by atoms with Gasteiger partial charge >= 0.3 is 0 Å². The smallest absolute Gasteiger partial charge is 0.222 e. The molecule has 0 aromatic heterocycles. The second kappa shape index (κ2) is 3.72. The zero-order chi connectivity index (χ0) is 8.27. The molecule has 1 atom stereocenters. The number of amides is 1. The standard InChI is InChI=1S/C8H16N2O/c1-3-10-6-7(5-9-2)4-8(10)11/h7,9H,3-6H2,1-2H3/t7-/m1/s1. The number of carbonyl (C=O) groups is 1. The highest BCUT2D eigenvalue weighted by Crippen LogP contribution is 2.15. The predicted octanol–water partition coefficient (Wildman–Crippen LogP) is 0.0742. The maximum atomic E-state index is 11.2. The summed E-state index contributed by atoms with van der Waals surface area (Å²) in [5.74, 6) is 0.847. The van der Waals surface area contributed by atoms with Crippen molar-refractivity contribution in [3.05, 3.63) is 0 Å². The van der Waals surface area contributed by atoms with Crippen molar-refractivity contribution in [3.8, 4) is 0 Å². The fourth-order valence-corrected chi connectivity index (χ4v) is 1.58. The van der Waals surface area contributed by atoms with E-state index in [0.29, 0.717) is 11.8 Å². The van der Waals surface area contributed by atoms with Crippen molar-refractivity contribution in [2.75, 3.05) is 26.7 Å². The summed E-state index contributed by atoms with van der Waals surface area (Å²) in [6.07, 6.45) is 0.731. The molecule has 1 N–H and O–H groups in total. The number of nitrogens with one attached hydrogen (secondary N) is 1. The van der Waals surface area contributed by atoms with Crippen molar-refractivity contribution in [1.29, 1.82) is 0 Å². The van der Waals surface area contributed by atoms with Gasteiger partial charge in [0.05, 0.1) is 0 Å². The topological polar surface area (TPSA) is 32.3 Å². The SMILES string of the molecule is CCN1C[C@@H](CNC)CC1=O. The first-order chi connectivity index (χ1) is 5.27. The van der Waals surface area contributed by atoms with Crippen molar-refractivity contribution < 1.29 is 4.79 Å². The molecule has 0 aliphatic carbocycles. The Balaban J connectivity index is 2.36. The minimum atomic E-state index is 0.313. The molecule has 11 heavy (non-hydrogen) atoms. The highest BCUT2D eigenvalue weighted by molar-refractivity contribution is 5.78. The van der Waals surface area contributed by atoms with E-state index in [1.165, 1.54) is 0 Å². The van der Waals surface area contributed by atoms with Gasteiger partial charge in [0.2, 0.25) is 5.91 Å². The number of rotatable bonds is 3. The first-order valence-electron chi connectivity index (χ1n) is 4.20. The van der Waals surface area contributed by atoms with Gasteiger partial charge in [0, 0.05) is 19.5 Å². The average Bonchev–Trinajstić information content (AvgIpc) is 2.32. The number of nitrogens with zero attached hydrogens (tertiary/aromatic N) is 1. The summed E-state index contributed by atoms with van der Waals surface area (Å²) in [6, 6.07) is 0. The maximum Gasteiger partial charge on any atom is 0.222 e. The first kappa shape index (κ1) is 8.53. The van der Waals surface area contributed by atoms with Gasteiger partial charge in [0.1, 0.15) is 0 Å². The average molecular weight is 156 g/mol. The summed E-state index contributed by atoms with van der Waals surface area (Å²) in [5.41, 5.74) is 0. The summed E-state index contributed by atoms with van der Waals surface area (Å²) < 4.78 is 0. The lowest BCUT2D eigenvalue weighted by Gasteiger charge is -2.12. The molecule has 0 radical (unpaired) electrons. The van der Waals surface area contributed by atoms with Crippen molar-refractivity contribution in [3.63, 3.8) is 0 Å². The molecule has 0 bridgehead atoms. The quantitative estimate of drug-likeness (QED) is 0.627. The molecule has 0 aromatic carbocycles. The Hall–Kier alpha value is -0.570. The summed E-state index contributed by atoms with van der Waals surface area (Å²) in [7, 11) is 1.93. The predicted molar refractivity (Wildman–Crippen MR) is 44.3 cm³/mol. The summed E-state index contributed by atoms with van der Waals surface area (Å²) >= 11 is 0. The molecule has 0 saturated carbocycles. The van der Waals surface area contributed by atoms with Gasteiger partial charge in [0.25, 0.3) is 0 Å². The third-order valence-electron chi connectivity index (χ3n) is 2.17. The van der Waals surface area contributed by atoms with Crippen LogP contribution in [0.3, 0.4) is 0 Å². The summed E-state index contributed by atoms with van der Waals surface area (Å²) in [4.78, 5) is 13.1. The van der Waals surface area contributed by atoms with E-state index in [9.17, 15) is 4.79 Å². The second-order valence-corrected chi connectivity index (χ2v) is 3.06. The van der Waals surface area contributed by atoms with Crippen LogP contribution in [0, 0.1) is 5.92 Å². The first-order valence-corrected chi connectivity index (χ1v) is 4.20. The van der Waals surface area contributed by atoms with Crippen LogP contribution in [0.15, 0.2) is 0 Å². The van der Waals surface area contributed by atoms with E-state index in [0.717, 1.165) is 26.1 Å². The summed E-state index contributed by atoms with van der Waals surface area (Å²) in [6.45, 7) is 4.79. The van der Waals surface area contributed by atoms with Crippen LogP contribution >= 0.6 is 0 Å². The van der Waals surface area contributed by atoms with Gasteiger partial charge in [-0.05, 0) is 26.4 Å². The van der Waals surface area contributed by atoms with E-state index in [1.54, 1.807) is 0 Å². The molecule has 0 unspecified atom stereocenters. The molecule has 1 fully saturated rings. The second-order valence-electron chi connectivity index (χ2n) is 3.06. The monoisotopic (exact) mass is 156 g/mol. The molecule has 1 heterocycles. The number of carbonyl (C=O) groups excluding carboxylic acids is 1. The Bertz CT molecular complexity index is 147. The summed E-state index contributed by atoms with van der Waals surface area (Å²) in [5, 5.41) is 3.10. The normalized spacial score (nSPS) is 24.7. The molecular weight excluding hydrogens is 140 g/mol. The molecule has 1 amide bonds. The van der Waals surface area contributed by atoms with Gasteiger partial charge in [-0.15, -0.1) is 0 Å². The molecule has 1 aliphatic rings. The lowest BCUT2D eigenvalue weighted by atomic mass is 10.1. The molecule has 1 rings (SSSR count). The zero-order valence-electron chi connectivity index (χ0n) is 7.26. The Morgan fingerprint density at radius 3 is 2.91 bits per heavy atom. The van der Waals surface area contributed by atoms with E-state index in [4.69, 9.17) is 0 Å². The lowest BCUT2D eigenvalue weighted by Crippen LogP contribution is -2.26. The molecule has 1 saturated heterocycles. The Kier molecular flexibility index (Phi) is 2.88. The molecule has 1 aliphatic heterocycles. The van der Waals surface area contributed by atoms with E-state index in [-0.39, 0.29) is 0 Å². The van der Waals surface area contributed by atoms with Crippen molar-refractivity contribution >= 4 is 5.91 Å². The van der Waals surface area contributed by atoms with Gasteiger partial charge in [0.15, 0.2) is 0 Å². The van der Waals surface area contributed by atoms with Crippen LogP contribution in [0.1, 0.15) is 13.3 Å². The molecule has 3 heteroatoms. The third kappa shape index (κ3) is 1.93. The Labute approximate surface area is 67.8 Å². The van der Waals surface area contributed by atoms with Crippen molar-refractivity contribution in [2.24, 2.45) is 5.92 Å². The van der Waals surface area contributed by atoms with Crippen LogP contribution in [0.5, 0.6) is 0 Å². The fraction of sp³-hybridized carbons (Fsp3) is 0.875. The molecular formula is C8H16N2O. The van der Waals surface area contributed by atoms with Crippen LogP contribution in [-0.4, -0.2) is 37.5 Å². The van der Waals surface area contributed by atoms with Crippen LogP contribution in [0.4, 0.5) is 0 Å². The zero-order valence-corrected chi connectivity index (χ0v) is 7.26. The van der Waals surface area contributed by atoms with Gasteiger partial charge in [-0.1, -0.05) is 0 Å². The van der Waals surface area contributed by atoms with E-state index in [1.807, 2.05) is 18.9 Å². The number of hydrogen-bond acceptors (Lipinski definition) is 2. The van der Waals surface area contributed by atoms with Gasteiger partial charge in [-0.25, -0.2) is 0 Å². The van der Waals surface area contributed by atoms with Crippen molar-refractivity contribution in [1.82, 2.24) is 10.2 Å². The van der Waals surface area contributed by atoms with Crippen LogP contribution in [-0.2, 0) is 4.79 Å². The largest absolute Gasteiger partial charge is 0.343 e. The van der Waals surface area contributed by atoms with E-state index < -0.39 is 0 Å². The van der Waals surface area contributed by atoms with E-state index in [2.05, 4.69) is 5.32 Å². The van der Waals surface area contributed by atoms with Gasteiger partial charge in [-0.2, -0.15) is 0 Å². The molecule has 64 valence electrons. The van der Waals surface area contributed by atoms with E-state index >= 15 is 0 Å². The minimum absolute atomic E-state index is 0.313. The minimum Gasteiger partial charge on any atom is -0.343 e. The fourth-order valence-electron chi connectivity index (χ4n) is 1.58. The maximum absolute atomic E-state index is 11.2. The van der Waals surface area contributed by atoms with Crippen LogP contribution in [0.25, 0.3) is 0 Å². The molecule has 0 spiro atoms. The lowest BCUT2D eigenvalue weighted by molar-refractivity contribution is -0.127. The molecule has 0 aromatic rings. The highest BCUT2D eigenvalue weighted by Gasteiger charge is 2.27. The van der Waals surface area contributed by atoms with Crippen LogP contribution < -0.4 is 5.32 Å². The number of hydrogen-bond donors (Lipinski definition) is 1. The molecule has 3 nitrogen and oxygen atoms in total. The number of likely N-dealkylation sites (tertiary alicyclic amines) is 1. The highest BCUT2D eigenvalue weighted by atomic mass is 16.2. The third-order valence-corrected chi connectivity index (χ3v) is 2.17. The Morgan fingerprint density at radius 1 is 1.73 bits per heavy atom. The Morgan fingerprint density at radius 2 is 2.45 bits per heavy atom. The van der Waals surface area contributed by atoms with Gasteiger partial charge in [-0.3, -0.25) is 4.79 Å². The van der Waals surface area contributed by atoms with Gasteiger partial charge < -0.3 is 10.2 Å². The van der Waals surface area contributed by atoms with Crippen molar-refractivity contribution in [2.45, 2.75) is 13.3 Å².